The molecule has 0 radical (unpaired) electrons. The maximum Gasteiger partial charge on any atom is 0.128 e. The van der Waals surface area contributed by atoms with E-state index < -0.39 is 0 Å². The largest absolute Gasteiger partial charge is 0.321 e. The zero-order valence-electron chi connectivity index (χ0n) is 11.1. The SMILES string of the molecule is Cc1nc(Cn2c(C(C)Cl)nc3cc(I)ccc32)cs1. The van der Waals surface area contributed by atoms with Crippen LogP contribution in [0.25, 0.3) is 11.0 Å². The lowest BCUT2D eigenvalue weighted by Gasteiger charge is -2.08. The number of benzene rings is 1. The Balaban J connectivity index is 2.13. The maximum absolute atomic E-state index is 6.29. The molecule has 2 aromatic heterocycles. The molecule has 3 nitrogen and oxygen atoms in total. The van der Waals surface area contributed by atoms with Gasteiger partial charge in [-0.25, -0.2) is 9.97 Å². The molecule has 3 aromatic rings. The molecule has 0 saturated carbocycles. The summed E-state index contributed by atoms with van der Waals surface area (Å²) in [4.78, 5) is 9.21. The zero-order valence-corrected chi connectivity index (χ0v) is 14.8. The average Bonchev–Trinajstić information content (AvgIpc) is 2.94. The van der Waals surface area contributed by atoms with Gasteiger partial charge in [0.2, 0.25) is 0 Å². The number of hydrogen-bond acceptors (Lipinski definition) is 3. The minimum atomic E-state index is -0.125. The Bertz CT molecular complexity index is 763. The summed E-state index contributed by atoms with van der Waals surface area (Å²) in [5.74, 6) is 0.898. The van der Waals surface area contributed by atoms with E-state index in [-0.39, 0.29) is 5.38 Å². The molecular weight excluding hydrogens is 405 g/mol. The monoisotopic (exact) mass is 417 g/mol. The van der Waals surface area contributed by atoms with Crippen molar-refractivity contribution in [3.63, 3.8) is 0 Å². The summed E-state index contributed by atoms with van der Waals surface area (Å²) in [6.07, 6.45) is 0. The number of hydrogen-bond donors (Lipinski definition) is 0. The summed E-state index contributed by atoms with van der Waals surface area (Å²) < 4.78 is 3.34. The first-order valence-corrected chi connectivity index (χ1v) is 8.65. The number of aryl methyl sites for hydroxylation is 1. The van der Waals surface area contributed by atoms with Gasteiger partial charge in [-0.1, -0.05) is 0 Å². The van der Waals surface area contributed by atoms with E-state index in [9.17, 15) is 0 Å². The molecule has 1 aromatic carbocycles. The minimum Gasteiger partial charge on any atom is -0.321 e. The van der Waals surface area contributed by atoms with Crippen LogP contribution in [-0.4, -0.2) is 14.5 Å². The maximum atomic E-state index is 6.29. The fraction of sp³-hybridized carbons (Fsp3) is 0.286. The van der Waals surface area contributed by atoms with E-state index in [4.69, 9.17) is 11.6 Å². The number of alkyl halides is 1. The zero-order chi connectivity index (χ0) is 14.3. The topological polar surface area (TPSA) is 30.7 Å². The van der Waals surface area contributed by atoms with Crippen LogP contribution in [0.3, 0.4) is 0 Å². The normalized spacial score (nSPS) is 13.0. The summed E-state index contributed by atoms with van der Waals surface area (Å²) >= 11 is 10.3. The molecule has 104 valence electrons. The van der Waals surface area contributed by atoms with Gasteiger partial charge in [-0.05, 0) is 54.6 Å². The van der Waals surface area contributed by atoms with Crippen molar-refractivity contribution in [2.45, 2.75) is 25.8 Å². The molecule has 0 bridgehead atoms. The smallest absolute Gasteiger partial charge is 0.128 e. The Morgan fingerprint density at radius 1 is 1.40 bits per heavy atom. The van der Waals surface area contributed by atoms with E-state index in [0.29, 0.717) is 6.54 Å². The van der Waals surface area contributed by atoms with Crippen molar-refractivity contribution in [3.8, 4) is 0 Å². The molecular formula is C14H13ClIN3S. The number of nitrogens with zero attached hydrogens (tertiary/aromatic N) is 3. The van der Waals surface area contributed by atoms with Crippen LogP contribution >= 0.6 is 45.5 Å². The Hall–Kier alpha value is -0.660. The lowest BCUT2D eigenvalue weighted by atomic mass is 10.3. The van der Waals surface area contributed by atoms with E-state index in [1.165, 1.54) is 3.57 Å². The van der Waals surface area contributed by atoms with Gasteiger partial charge >= 0.3 is 0 Å². The van der Waals surface area contributed by atoms with Crippen LogP contribution in [0.5, 0.6) is 0 Å². The lowest BCUT2D eigenvalue weighted by Crippen LogP contribution is -2.06. The van der Waals surface area contributed by atoms with Gasteiger partial charge in [0.1, 0.15) is 5.82 Å². The van der Waals surface area contributed by atoms with E-state index >= 15 is 0 Å². The fourth-order valence-corrected chi connectivity index (χ4v) is 3.48. The van der Waals surface area contributed by atoms with Gasteiger partial charge in [0.15, 0.2) is 0 Å². The summed E-state index contributed by atoms with van der Waals surface area (Å²) in [6.45, 7) is 4.69. The summed E-state index contributed by atoms with van der Waals surface area (Å²) in [5.41, 5.74) is 3.16. The molecule has 0 amide bonds. The number of imidazole rings is 1. The van der Waals surface area contributed by atoms with Crippen LogP contribution in [0, 0.1) is 10.5 Å². The number of halogens is 2. The van der Waals surface area contributed by atoms with Gasteiger partial charge in [0.25, 0.3) is 0 Å². The van der Waals surface area contributed by atoms with E-state index in [2.05, 4.69) is 60.7 Å². The third-order valence-corrected chi connectivity index (χ3v) is 4.77. The highest BCUT2D eigenvalue weighted by Gasteiger charge is 2.16. The van der Waals surface area contributed by atoms with Crippen molar-refractivity contribution in [2.24, 2.45) is 0 Å². The molecule has 0 aliphatic carbocycles. The second-order valence-electron chi connectivity index (χ2n) is 4.66. The Morgan fingerprint density at radius 2 is 2.20 bits per heavy atom. The number of aromatic nitrogens is 3. The highest BCUT2D eigenvalue weighted by atomic mass is 127. The fourth-order valence-electron chi connectivity index (χ4n) is 2.23. The van der Waals surface area contributed by atoms with Crippen LogP contribution in [0.4, 0.5) is 0 Å². The molecule has 1 unspecified atom stereocenters. The van der Waals surface area contributed by atoms with E-state index in [1.54, 1.807) is 11.3 Å². The van der Waals surface area contributed by atoms with Crippen LogP contribution in [0.15, 0.2) is 23.6 Å². The molecule has 0 aliphatic rings. The highest BCUT2D eigenvalue weighted by Crippen LogP contribution is 2.26. The van der Waals surface area contributed by atoms with Crippen molar-refractivity contribution in [2.75, 3.05) is 0 Å². The van der Waals surface area contributed by atoms with Crippen molar-refractivity contribution in [3.05, 3.63) is 43.7 Å². The van der Waals surface area contributed by atoms with Crippen LogP contribution < -0.4 is 0 Å². The number of rotatable bonds is 3. The van der Waals surface area contributed by atoms with Gasteiger partial charge in [-0.15, -0.1) is 22.9 Å². The first-order valence-electron chi connectivity index (χ1n) is 6.25. The van der Waals surface area contributed by atoms with Crippen molar-refractivity contribution in [1.29, 1.82) is 0 Å². The molecule has 0 aliphatic heterocycles. The Kier molecular flexibility index (Phi) is 4.01. The highest BCUT2D eigenvalue weighted by molar-refractivity contribution is 14.1. The first kappa shape index (κ1) is 14.3. The standard InChI is InChI=1S/C14H13ClIN3S/c1-8(15)14-18-12-5-10(16)3-4-13(12)19(14)6-11-7-20-9(2)17-11/h3-5,7-8H,6H2,1-2H3. The predicted molar refractivity (Wildman–Crippen MR) is 92.7 cm³/mol. The molecule has 20 heavy (non-hydrogen) atoms. The molecule has 2 heterocycles. The third-order valence-electron chi connectivity index (χ3n) is 3.08. The molecule has 3 rings (SSSR count). The van der Waals surface area contributed by atoms with Crippen LogP contribution in [-0.2, 0) is 6.54 Å². The molecule has 0 fully saturated rings. The predicted octanol–water partition coefficient (Wildman–Crippen LogP) is 4.75. The molecule has 0 spiro atoms. The molecule has 0 N–H and O–H groups in total. The van der Waals surface area contributed by atoms with E-state index in [0.717, 1.165) is 27.6 Å². The van der Waals surface area contributed by atoms with Gasteiger partial charge < -0.3 is 4.57 Å². The average molecular weight is 418 g/mol. The summed E-state index contributed by atoms with van der Waals surface area (Å²) in [7, 11) is 0. The molecule has 1 atom stereocenters. The van der Waals surface area contributed by atoms with E-state index in [1.807, 2.05) is 13.8 Å². The number of fused-ring (bicyclic) bond motifs is 1. The summed E-state index contributed by atoms with van der Waals surface area (Å²) in [5, 5.41) is 3.05. The molecule has 0 saturated heterocycles. The van der Waals surface area contributed by atoms with Gasteiger partial charge in [-0.2, -0.15) is 0 Å². The Morgan fingerprint density at radius 3 is 2.85 bits per heavy atom. The quantitative estimate of drug-likeness (QED) is 0.455. The number of thiazole rings is 1. The van der Waals surface area contributed by atoms with Gasteiger partial charge in [-0.3, -0.25) is 0 Å². The summed E-state index contributed by atoms with van der Waals surface area (Å²) in [6, 6.07) is 6.28. The van der Waals surface area contributed by atoms with Crippen molar-refractivity contribution in [1.82, 2.24) is 14.5 Å². The first-order chi connectivity index (χ1) is 9.54. The van der Waals surface area contributed by atoms with Gasteiger partial charge in [0.05, 0.1) is 33.7 Å². The lowest BCUT2D eigenvalue weighted by molar-refractivity contribution is 0.729. The second-order valence-corrected chi connectivity index (χ2v) is 7.63. The third kappa shape index (κ3) is 2.71. The van der Waals surface area contributed by atoms with Gasteiger partial charge in [0, 0.05) is 8.95 Å². The minimum absolute atomic E-state index is 0.125. The van der Waals surface area contributed by atoms with Crippen molar-refractivity contribution < 1.29 is 0 Å². The van der Waals surface area contributed by atoms with Crippen molar-refractivity contribution >= 4 is 56.6 Å². The van der Waals surface area contributed by atoms with Crippen LogP contribution in [0.2, 0.25) is 0 Å². The molecule has 6 heteroatoms. The van der Waals surface area contributed by atoms with Crippen LogP contribution in [0.1, 0.15) is 28.8 Å². The Labute approximate surface area is 140 Å². The second kappa shape index (κ2) is 5.61.